The number of aliphatic carboxylic acids is 2. The number of unbranched alkanes of at least 4 members (excludes halogenated alkanes) is 10. The topological polar surface area (TPSA) is 135 Å². The van der Waals surface area contributed by atoms with Gasteiger partial charge in [0.1, 0.15) is 5.25 Å². The van der Waals surface area contributed by atoms with Gasteiger partial charge in [-0.25, -0.2) is 0 Å². The first-order chi connectivity index (χ1) is 21.6. The maximum atomic E-state index is 12.0. The number of hydrogen-bond acceptors (Lipinski definition) is 6. The Morgan fingerprint density at radius 1 is 0.543 bits per heavy atom. The lowest BCUT2D eigenvalue weighted by molar-refractivity contribution is -0.328. The average molecular weight is 715 g/mol. The Bertz CT molecular complexity index is 785. The number of carbonyl (C=O) groups is 2. The fraction of sp³-hybridized carbons (Fsp3) is 0.944. The minimum atomic E-state index is -5.15. The number of rotatable bonds is 26. The molecule has 278 valence electrons. The molecule has 46 heavy (non-hydrogen) atoms. The average Bonchev–Trinajstić information content (AvgIpc) is 3.03. The van der Waals surface area contributed by atoms with Crippen LogP contribution in [0.4, 0.5) is 0 Å². The van der Waals surface area contributed by atoms with Gasteiger partial charge in [0.15, 0.2) is 0 Å². The van der Waals surface area contributed by atoms with Crippen molar-refractivity contribution < 1.29 is 32.8 Å². The summed E-state index contributed by atoms with van der Waals surface area (Å²) in [7, 11) is -5.99. The lowest BCUT2D eigenvalue weighted by atomic mass is 9.74. The van der Waals surface area contributed by atoms with Crippen molar-refractivity contribution in [2.45, 2.75) is 164 Å². The van der Waals surface area contributed by atoms with Crippen LogP contribution in [0, 0.1) is 5.41 Å². The molecule has 1 N–H and O–H groups in total. The molecule has 0 rings (SSSR count). The van der Waals surface area contributed by atoms with Crippen LogP contribution in [0.3, 0.4) is 0 Å². The molecule has 0 aliphatic carbocycles. The first kappa shape index (κ1) is 50.1. The third-order valence-electron chi connectivity index (χ3n) is 10.7. The Morgan fingerprint density at radius 3 is 0.978 bits per heavy atom. The SMILES string of the molecule is CCCCCCCCC(CCCCCCCC)(C(=O)[O-])C(C(=O)[O-])S(=O)(=O)O.CC[P+](CC)(CC)CC.CC[P+](CC)(CC)CC. The molecule has 1 unspecified atom stereocenters. The van der Waals surface area contributed by atoms with Gasteiger partial charge in [-0.1, -0.05) is 90.9 Å². The molecule has 0 bridgehead atoms. The van der Waals surface area contributed by atoms with E-state index in [4.69, 9.17) is 0 Å². The molecule has 1 atom stereocenters. The highest BCUT2D eigenvalue weighted by Crippen LogP contribution is 2.57. The van der Waals surface area contributed by atoms with E-state index in [0.717, 1.165) is 51.4 Å². The van der Waals surface area contributed by atoms with Gasteiger partial charge in [0.2, 0.25) is 0 Å². The molecule has 0 saturated heterocycles. The third-order valence-corrected chi connectivity index (χ3v) is 22.7. The van der Waals surface area contributed by atoms with Gasteiger partial charge >= 0.3 is 0 Å². The zero-order chi connectivity index (χ0) is 36.3. The summed E-state index contributed by atoms with van der Waals surface area (Å²) < 4.78 is 32.9. The molecule has 0 spiro atoms. The van der Waals surface area contributed by atoms with Crippen molar-refractivity contribution in [2.24, 2.45) is 5.41 Å². The van der Waals surface area contributed by atoms with E-state index in [1.54, 1.807) is 0 Å². The number of carboxylic acid groups (broad SMARTS) is 2. The van der Waals surface area contributed by atoms with Gasteiger partial charge in [-0.3, -0.25) is 4.55 Å². The van der Waals surface area contributed by atoms with Gasteiger partial charge in [-0.05, 0) is 68.2 Å². The van der Waals surface area contributed by atoms with E-state index in [-0.39, 0.29) is 12.8 Å². The molecule has 0 amide bonds. The molecule has 0 aromatic carbocycles. The van der Waals surface area contributed by atoms with Crippen LogP contribution >= 0.6 is 14.5 Å². The summed E-state index contributed by atoms with van der Waals surface area (Å²) in [6, 6.07) is 0. The van der Waals surface area contributed by atoms with Crippen LogP contribution in [0.1, 0.15) is 159 Å². The van der Waals surface area contributed by atoms with Gasteiger partial charge in [0, 0.05) is 25.9 Å². The summed E-state index contributed by atoms with van der Waals surface area (Å²) in [6.45, 7) is 22.9. The fourth-order valence-electron chi connectivity index (χ4n) is 6.46. The Hall–Kier alpha value is -0.290. The van der Waals surface area contributed by atoms with Gasteiger partial charge in [-0.15, -0.1) is 0 Å². The van der Waals surface area contributed by atoms with Crippen LogP contribution in [0.15, 0.2) is 0 Å². The fourth-order valence-corrected chi connectivity index (χ4v) is 13.0. The van der Waals surface area contributed by atoms with Crippen molar-refractivity contribution in [2.75, 3.05) is 49.3 Å². The number of hydrogen-bond donors (Lipinski definition) is 1. The molecule has 0 aliphatic rings. The predicted octanol–water partition coefficient (Wildman–Crippen LogP) is 8.40. The Labute approximate surface area is 287 Å². The lowest BCUT2D eigenvalue weighted by Crippen LogP contribution is -2.59. The van der Waals surface area contributed by atoms with Crippen LogP contribution in [0.25, 0.3) is 0 Å². The normalized spacial score (nSPS) is 12.8. The second-order valence-corrected chi connectivity index (χ2v) is 24.8. The van der Waals surface area contributed by atoms with E-state index in [1.807, 2.05) is 0 Å². The molecule has 0 aromatic rings. The summed E-state index contributed by atoms with van der Waals surface area (Å²) in [5, 5.41) is 21.0. The van der Waals surface area contributed by atoms with Crippen LogP contribution in [0.2, 0.25) is 0 Å². The van der Waals surface area contributed by atoms with Crippen molar-refractivity contribution in [3.63, 3.8) is 0 Å². The lowest BCUT2D eigenvalue weighted by Gasteiger charge is -2.40. The number of carbonyl (C=O) groups excluding carboxylic acids is 2. The van der Waals surface area contributed by atoms with E-state index >= 15 is 0 Å². The first-order valence-corrected chi connectivity index (χ1v) is 25.3. The maximum Gasteiger partial charge on any atom is 0.274 e. The molecule has 0 saturated carbocycles. The van der Waals surface area contributed by atoms with E-state index in [0.29, 0.717) is 25.7 Å². The highest BCUT2D eigenvalue weighted by atomic mass is 32.2. The van der Waals surface area contributed by atoms with E-state index in [9.17, 15) is 32.8 Å². The molecular formula is C36H76O7P2S. The molecule has 10 heteroatoms. The molecular weight excluding hydrogens is 638 g/mol. The Balaban J connectivity index is -0.000000831. The molecule has 0 heterocycles. The minimum absolute atomic E-state index is 0.172. The zero-order valence-electron chi connectivity index (χ0n) is 31.8. The summed E-state index contributed by atoms with van der Waals surface area (Å²) >= 11 is 0. The van der Waals surface area contributed by atoms with Crippen molar-refractivity contribution in [3.05, 3.63) is 0 Å². The van der Waals surface area contributed by atoms with Gasteiger partial charge in [0.25, 0.3) is 10.1 Å². The Morgan fingerprint density at radius 2 is 0.804 bits per heavy atom. The molecule has 7 nitrogen and oxygen atoms in total. The standard InChI is InChI=1S/C20H38O7S.2C8H20P/c1-3-5-7-9-11-13-15-20(19(23)24,16-14-12-10-8-6-4-2)17(18(21)22)28(25,26)27;2*1-5-9(6-2,7-3)8-4/h17H,3-16H2,1-2H3,(H,21,22)(H,23,24)(H,25,26,27);2*5-8H2,1-4H3/q;2*+1/p-2. The molecule has 0 fully saturated rings. The second kappa shape index (κ2) is 28.5. The predicted molar refractivity (Wildman–Crippen MR) is 202 cm³/mol. The largest absolute Gasteiger partial charge is 0.549 e. The molecule has 0 radical (unpaired) electrons. The zero-order valence-corrected chi connectivity index (χ0v) is 34.4. The quantitative estimate of drug-likeness (QED) is 0.0540. The van der Waals surface area contributed by atoms with Crippen LogP contribution in [-0.2, 0) is 19.7 Å². The highest BCUT2D eigenvalue weighted by Gasteiger charge is 2.47. The van der Waals surface area contributed by atoms with Crippen molar-refractivity contribution in [1.82, 2.24) is 0 Å². The minimum Gasteiger partial charge on any atom is -0.549 e. The molecule has 0 aliphatic heterocycles. The van der Waals surface area contributed by atoms with Crippen molar-refractivity contribution >= 4 is 36.6 Å². The van der Waals surface area contributed by atoms with Gasteiger partial charge in [-0.2, -0.15) is 8.42 Å². The van der Waals surface area contributed by atoms with Crippen LogP contribution in [-0.4, -0.2) is 79.5 Å². The summed E-state index contributed by atoms with van der Waals surface area (Å²) in [5.41, 5.74) is -2.18. The van der Waals surface area contributed by atoms with E-state index in [2.05, 4.69) is 69.2 Å². The van der Waals surface area contributed by atoms with Crippen molar-refractivity contribution in [1.29, 1.82) is 0 Å². The monoisotopic (exact) mass is 714 g/mol. The maximum absolute atomic E-state index is 12.0. The van der Waals surface area contributed by atoms with Gasteiger partial charge < -0.3 is 19.8 Å². The van der Waals surface area contributed by atoms with E-state index < -0.39 is 47.2 Å². The van der Waals surface area contributed by atoms with Crippen LogP contribution in [0.5, 0.6) is 0 Å². The second-order valence-electron chi connectivity index (χ2n) is 12.9. The summed E-state index contributed by atoms with van der Waals surface area (Å²) in [5.74, 6) is -3.84. The third kappa shape index (κ3) is 19.6. The van der Waals surface area contributed by atoms with Gasteiger partial charge in [0.05, 0.1) is 55.3 Å². The molecule has 0 aromatic heterocycles. The summed E-state index contributed by atoms with van der Waals surface area (Å²) in [6.07, 6.45) is 21.2. The first-order valence-electron chi connectivity index (χ1n) is 18.7. The highest BCUT2D eigenvalue weighted by molar-refractivity contribution is 7.87. The smallest absolute Gasteiger partial charge is 0.274 e. The van der Waals surface area contributed by atoms with Crippen LogP contribution < -0.4 is 10.2 Å². The van der Waals surface area contributed by atoms with Crippen molar-refractivity contribution in [3.8, 4) is 0 Å². The summed E-state index contributed by atoms with van der Waals surface area (Å²) in [4.78, 5) is 23.5. The number of carboxylic acids is 2. The Kier molecular flexibility index (Phi) is 31.1. The van der Waals surface area contributed by atoms with E-state index in [1.165, 1.54) is 49.3 Å².